The number of aryl methyl sites for hydroxylation is 1. The van der Waals surface area contributed by atoms with Crippen LogP contribution in [0.15, 0.2) is 48.5 Å². The van der Waals surface area contributed by atoms with Crippen molar-refractivity contribution in [3.63, 3.8) is 0 Å². The number of thioether (sulfide) groups is 1. The highest BCUT2D eigenvalue weighted by Gasteiger charge is 2.10. The molecule has 0 spiro atoms. The molecule has 0 saturated heterocycles. The van der Waals surface area contributed by atoms with Crippen LogP contribution in [0.25, 0.3) is 0 Å². The van der Waals surface area contributed by atoms with Crippen molar-refractivity contribution in [3.8, 4) is 0 Å². The maximum atomic E-state index is 13.5. The van der Waals surface area contributed by atoms with Gasteiger partial charge in [-0.2, -0.15) is 0 Å². The van der Waals surface area contributed by atoms with Gasteiger partial charge in [0.1, 0.15) is 5.82 Å². The molecule has 2 aromatic rings. The molecule has 22 heavy (non-hydrogen) atoms. The lowest BCUT2D eigenvalue weighted by atomic mass is 10.2. The first-order chi connectivity index (χ1) is 10.6. The highest BCUT2D eigenvalue weighted by molar-refractivity contribution is 8.00. The van der Waals surface area contributed by atoms with Crippen LogP contribution >= 0.6 is 11.8 Å². The summed E-state index contributed by atoms with van der Waals surface area (Å²) in [6, 6.07) is 13.4. The van der Waals surface area contributed by atoms with Gasteiger partial charge in [0.2, 0.25) is 5.91 Å². The van der Waals surface area contributed by atoms with Crippen molar-refractivity contribution in [2.45, 2.75) is 6.92 Å². The molecule has 0 aromatic heterocycles. The molecule has 0 aliphatic heterocycles. The van der Waals surface area contributed by atoms with Crippen molar-refractivity contribution < 1.29 is 14.0 Å². The Labute approximate surface area is 132 Å². The number of Topliss-reactive ketones (excluding diaryl/α,β-unsaturated/α-hetero) is 1. The van der Waals surface area contributed by atoms with Gasteiger partial charge in [-0.15, -0.1) is 11.8 Å². The quantitative estimate of drug-likeness (QED) is 0.827. The molecule has 0 atom stereocenters. The summed E-state index contributed by atoms with van der Waals surface area (Å²) in [6.07, 6.45) is 0. The second-order valence-electron chi connectivity index (χ2n) is 4.81. The molecule has 0 heterocycles. The molecule has 3 nitrogen and oxygen atoms in total. The van der Waals surface area contributed by atoms with Crippen LogP contribution in [-0.4, -0.2) is 23.2 Å². The summed E-state index contributed by atoms with van der Waals surface area (Å²) in [5.74, 6) is -0.500. The third-order valence-electron chi connectivity index (χ3n) is 2.96. The average molecular weight is 317 g/mol. The van der Waals surface area contributed by atoms with Crippen molar-refractivity contribution in [1.29, 1.82) is 0 Å². The molecule has 0 bridgehead atoms. The van der Waals surface area contributed by atoms with E-state index in [0.29, 0.717) is 5.56 Å². The summed E-state index contributed by atoms with van der Waals surface area (Å²) < 4.78 is 13.5. The molecule has 0 unspecified atom stereocenters. The fraction of sp³-hybridized carbons (Fsp3) is 0.176. The fourth-order valence-electron chi connectivity index (χ4n) is 1.87. The van der Waals surface area contributed by atoms with E-state index in [1.807, 2.05) is 13.0 Å². The summed E-state index contributed by atoms with van der Waals surface area (Å²) in [7, 11) is 0. The number of hydrogen-bond acceptors (Lipinski definition) is 3. The van der Waals surface area contributed by atoms with Gasteiger partial charge in [-0.25, -0.2) is 4.39 Å². The van der Waals surface area contributed by atoms with Crippen LogP contribution in [-0.2, 0) is 4.79 Å². The number of benzene rings is 2. The number of rotatable bonds is 6. The van der Waals surface area contributed by atoms with Gasteiger partial charge in [0.15, 0.2) is 5.78 Å². The standard InChI is InChI=1S/C17H16FNO2S/c1-12-7-8-14(18)15(9-12)19-17(21)11-22-10-16(20)13-5-3-2-4-6-13/h2-9H,10-11H2,1H3,(H,19,21). The normalized spacial score (nSPS) is 10.3. The molecule has 2 aromatic carbocycles. The van der Waals surface area contributed by atoms with E-state index in [9.17, 15) is 14.0 Å². The SMILES string of the molecule is Cc1ccc(F)c(NC(=O)CSCC(=O)c2ccccc2)c1. The molecule has 0 aliphatic rings. The largest absolute Gasteiger partial charge is 0.323 e. The van der Waals surface area contributed by atoms with E-state index >= 15 is 0 Å². The predicted molar refractivity (Wildman–Crippen MR) is 87.9 cm³/mol. The molecule has 114 valence electrons. The number of halogens is 1. The summed E-state index contributed by atoms with van der Waals surface area (Å²) in [4.78, 5) is 23.7. The molecule has 5 heteroatoms. The zero-order chi connectivity index (χ0) is 15.9. The van der Waals surface area contributed by atoms with Crippen molar-refractivity contribution >= 4 is 29.1 Å². The monoisotopic (exact) mass is 317 g/mol. The Kier molecular flexibility index (Phi) is 5.72. The summed E-state index contributed by atoms with van der Waals surface area (Å²) in [5.41, 5.74) is 1.66. The Morgan fingerprint density at radius 3 is 2.55 bits per heavy atom. The number of anilines is 1. The molecule has 2 rings (SSSR count). The smallest absolute Gasteiger partial charge is 0.234 e. The van der Waals surface area contributed by atoms with Gasteiger partial charge in [-0.3, -0.25) is 9.59 Å². The molecule has 0 aliphatic carbocycles. The zero-order valence-corrected chi connectivity index (χ0v) is 13.0. The second-order valence-corrected chi connectivity index (χ2v) is 5.80. The number of ketones is 1. The van der Waals surface area contributed by atoms with E-state index in [1.54, 1.807) is 36.4 Å². The van der Waals surface area contributed by atoms with Crippen LogP contribution in [0.2, 0.25) is 0 Å². The van der Waals surface area contributed by atoms with Gasteiger partial charge >= 0.3 is 0 Å². The second kappa shape index (κ2) is 7.75. The van der Waals surface area contributed by atoms with E-state index in [2.05, 4.69) is 5.32 Å². The number of carbonyl (C=O) groups excluding carboxylic acids is 2. The van der Waals surface area contributed by atoms with Crippen LogP contribution in [0.1, 0.15) is 15.9 Å². The predicted octanol–water partition coefficient (Wildman–Crippen LogP) is 3.69. The Morgan fingerprint density at radius 1 is 1.09 bits per heavy atom. The highest BCUT2D eigenvalue weighted by atomic mass is 32.2. The minimum Gasteiger partial charge on any atom is -0.323 e. The molecule has 0 saturated carbocycles. The van der Waals surface area contributed by atoms with Crippen molar-refractivity contribution in [3.05, 3.63) is 65.5 Å². The van der Waals surface area contributed by atoms with Gasteiger partial charge in [-0.1, -0.05) is 36.4 Å². The molecular weight excluding hydrogens is 301 g/mol. The van der Waals surface area contributed by atoms with Crippen LogP contribution in [0.5, 0.6) is 0 Å². The van der Waals surface area contributed by atoms with Crippen LogP contribution in [0.3, 0.4) is 0 Å². The molecular formula is C17H16FNO2S. The lowest BCUT2D eigenvalue weighted by molar-refractivity contribution is -0.113. The third-order valence-corrected chi connectivity index (χ3v) is 3.89. The minimum absolute atomic E-state index is 0.0277. The first kappa shape index (κ1) is 16.2. The fourth-order valence-corrected chi connectivity index (χ4v) is 2.58. The molecule has 1 N–H and O–H groups in total. The minimum atomic E-state index is -0.468. The lowest BCUT2D eigenvalue weighted by Crippen LogP contribution is -2.16. The third kappa shape index (κ3) is 4.70. The van der Waals surface area contributed by atoms with Crippen molar-refractivity contribution in [1.82, 2.24) is 0 Å². The Balaban J connectivity index is 1.81. The Bertz CT molecular complexity index is 674. The summed E-state index contributed by atoms with van der Waals surface area (Å²) in [5, 5.41) is 2.52. The average Bonchev–Trinajstić information content (AvgIpc) is 2.51. The Hall–Kier alpha value is -2.14. The Morgan fingerprint density at radius 2 is 1.82 bits per heavy atom. The van der Waals surface area contributed by atoms with Crippen molar-refractivity contribution in [2.75, 3.05) is 16.8 Å². The maximum absolute atomic E-state index is 13.5. The number of nitrogens with one attached hydrogen (secondary N) is 1. The van der Waals surface area contributed by atoms with Crippen LogP contribution in [0.4, 0.5) is 10.1 Å². The zero-order valence-electron chi connectivity index (χ0n) is 12.1. The van der Waals surface area contributed by atoms with E-state index in [0.717, 1.165) is 5.56 Å². The van der Waals surface area contributed by atoms with Gasteiger partial charge in [0.05, 0.1) is 17.2 Å². The molecule has 1 amide bonds. The number of hydrogen-bond donors (Lipinski definition) is 1. The van der Waals surface area contributed by atoms with Gasteiger partial charge in [0.25, 0.3) is 0 Å². The topological polar surface area (TPSA) is 46.2 Å². The van der Waals surface area contributed by atoms with E-state index in [4.69, 9.17) is 0 Å². The molecule has 0 radical (unpaired) electrons. The van der Waals surface area contributed by atoms with Gasteiger partial charge < -0.3 is 5.32 Å². The lowest BCUT2D eigenvalue weighted by Gasteiger charge is -2.07. The number of carbonyl (C=O) groups is 2. The first-order valence-corrected chi connectivity index (χ1v) is 7.94. The van der Waals surface area contributed by atoms with Crippen LogP contribution in [0, 0.1) is 12.7 Å². The van der Waals surface area contributed by atoms with E-state index in [-0.39, 0.29) is 28.9 Å². The number of amides is 1. The summed E-state index contributed by atoms with van der Waals surface area (Å²) in [6.45, 7) is 1.82. The van der Waals surface area contributed by atoms with Gasteiger partial charge in [0, 0.05) is 5.56 Å². The highest BCUT2D eigenvalue weighted by Crippen LogP contribution is 2.16. The van der Waals surface area contributed by atoms with Crippen LogP contribution < -0.4 is 5.32 Å². The van der Waals surface area contributed by atoms with E-state index < -0.39 is 5.82 Å². The van der Waals surface area contributed by atoms with Crippen molar-refractivity contribution in [2.24, 2.45) is 0 Å². The first-order valence-electron chi connectivity index (χ1n) is 6.78. The van der Waals surface area contributed by atoms with E-state index in [1.165, 1.54) is 17.8 Å². The molecule has 0 fully saturated rings. The van der Waals surface area contributed by atoms with Gasteiger partial charge in [-0.05, 0) is 24.6 Å². The summed E-state index contributed by atoms with van der Waals surface area (Å²) >= 11 is 1.21. The maximum Gasteiger partial charge on any atom is 0.234 e.